The highest BCUT2D eigenvalue weighted by molar-refractivity contribution is 6.12. The van der Waals surface area contributed by atoms with Gasteiger partial charge in [0, 0.05) is 36.2 Å². The Kier molecular flexibility index (Phi) is 7.02. The highest BCUT2D eigenvalue weighted by atomic mass is 16.5. The number of amides is 2. The lowest BCUT2D eigenvalue weighted by atomic mass is 9.92. The van der Waals surface area contributed by atoms with Crippen LogP contribution < -0.4 is 15.6 Å². The second-order valence-corrected chi connectivity index (χ2v) is 9.89. The standard InChI is InChI=1S/C27H31N5O5/c1-16-12-23(33)32(30-16)20-10-7-17(8-11-20)25(35)27(2,3)29-19-9-6-18-15-31(4)26(36)22(14-24(34)37-5)28-21(18)13-19/h6-11,13,22,28-29H,12,14-15H2,1-5H3. The number of hydrogen-bond donors (Lipinski definition) is 2. The number of methoxy groups -OCH3 is 1. The molecule has 2 N–H and O–H groups in total. The summed E-state index contributed by atoms with van der Waals surface area (Å²) in [4.78, 5) is 51.6. The van der Waals surface area contributed by atoms with Crippen molar-refractivity contribution in [3.8, 4) is 0 Å². The molecule has 2 amide bonds. The minimum absolute atomic E-state index is 0.0926. The van der Waals surface area contributed by atoms with E-state index < -0.39 is 17.6 Å². The first-order valence-corrected chi connectivity index (χ1v) is 12.0. The first-order valence-electron chi connectivity index (χ1n) is 12.0. The molecule has 1 atom stereocenters. The first-order chi connectivity index (χ1) is 17.5. The van der Waals surface area contributed by atoms with Gasteiger partial charge in [0.05, 0.1) is 31.2 Å². The number of ether oxygens (including phenoxy) is 1. The Balaban J connectivity index is 1.51. The molecule has 2 aromatic rings. The molecule has 2 aliphatic rings. The van der Waals surface area contributed by atoms with Crippen LogP contribution in [-0.2, 0) is 25.7 Å². The summed E-state index contributed by atoms with van der Waals surface area (Å²) in [5.74, 6) is -0.915. The van der Waals surface area contributed by atoms with Crippen molar-refractivity contribution in [2.75, 3.05) is 29.8 Å². The van der Waals surface area contributed by atoms with Crippen molar-refractivity contribution in [1.29, 1.82) is 0 Å². The monoisotopic (exact) mass is 505 g/mol. The zero-order valence-corrected chi connectivity index (χ0v) is 21.6. The number of Topliss-reactive ketones (excluding diaryl/α,β-unsaturated/α-hetero) is 1. The summed E-state index contributed by atoms with van der Waals surface area (Å²) in [6, 6.07) is 11.6. The molecule has 0 saturated heterocycles. The third-order valence-corrected chi connectivity index (χ3v) is 6.43. The van der Waals surface area contributed by atoms with E-state index in [1.54, 1.807) is 57.0 Å². The summed E-state index contributed by atoms with van der Waals surface area (Å²) in [5.41, 5.74) is 3.17. The third kappa shape index (κ3) is 5.47. The number of likely N-dealkylation sites (N-methyl/N-ethyl adjacent to an activating group) is 1. The first kappa shape index (κ1) is 25.9. The Labute approximate surface area is 215 Å². The number of benzene rings is 2. The van der Waals surface area contributed by atoms with Gasteiger partial charge in [0.1, 0.15) is 6.04 Å². The lowest BCUT2D eigenvalue weighted by Crippen LogP contribution is -2.40. The van der Waals surface area contributed by atoms with Gasteiger partial charge in [0.2, 0.25) is 5.91 Å². The van der Waals surface area contributed by atoms with Crippen molar-refractivity contribution >= 4 is 46.3 Å². The number of hydrogen-bond acceptors (Lipinski definition) is 8. The predicted octanol–water partition coefficient (Wildman–Crippen LogP) is 3.19. The smallest absolute Gasteiger partial charge is 0.308 e. The fourth-order valence-corrected chi connectivity index (χ4v) is 4.45. The Morgan fingerprint density at radius 3 is 2.49 bits per heavy atom. The molecule has 10 heteroatoms. The molecule has 10 nitrogen and oxygen atoms in total. The molecule has 2 aliphatic heterocycles. The molecule has 0 spiro atoms. The zero-order chi connectivity index (χ0) is 26.9. The van der Waals surface area contributed by atoms with Crippen molar-refractivity contribution < 1.29 is 23.9 Å². The second kappa shape index (κ2) is 10.0. The maximum Gasteiger partial charge on any atom is 0.308 e. The molecular weight excluding hydrogens is 474 g/mol. The van der Waals surface area contributed by atoms with Crippen LogP contribution in [0, 0.1) is 0 Å². The number of rotatable bonds is 7. The molecule has 0 bridgehead atoms. The molecule has 1 unspecified atom stereocenters. The maximum absolute atomic E-state index is 13.4. The van der Waals surface area contributed by atoms with Gasteiger partial charge in [0.15, 0.2) is 5.78 Å². The molecule has 37 heavy (non-hydrogen) atoms. The van der Waals surface area contributed by atoms with Gasteiger partial charge < -0.3 is 20.3 Å². The Morgan fingerprint density at radius 2 is 1.86 bits per heavy atom. The summed E-state index contributed by atoms with van der Waals surface area (Å²) in [5, 5.41) is 12.1. The van der Waals surface area contributed by atoms with E-state index in [9.17, 15) is 19.2 Å². The summed E-state index contributed by atoms with van der Waals surface area (Å²) in [7, 11) is 2.98. The fraction of sp³-hybridized carbons (Fsp3) is 0.370. The van der Waals surface area contributed by atoms with Crippen LogP contribution >= 0.6 is 0 Å². The number of nitrogens with zero attached hydrogens (tertiary/aromatic N) is 3. The van der Waals surface area contributed by atoms with Crippen molar-refractivity contribution in [3.05, 3.63) is 53.6 Å². The lowest BCUT2D eigenvalue weighted by molar-refractivity contribution is -0.143. The fourth-order valence-electron chi connectivity index (χ4n) is 4.45. The van der Waals surface area contributed by atoms with E-state index in [1.165, 1.54) is 12.1 Å². The van der Waals surface area contributed by atoms with E-state index in [2.05, 4.69) is 15.7 Å². The van der Waals surface area contributed by atoms with E-state index in [0.717, 1.165) is 11.3 Å². The largest absolute Gasteiger partial charge is 0.469 e. The summed E-state index contributed by atoms with van der Waals surface area (Å²) < 4.78 is 4.74. The molecule has 0 radical (unpaired) electrons. The van der Waals surface area contributed by atoms with Crippen LogP contribution in [0.25, 0.3) is 0 Å². The van der Waals surface area contributed by atoms with Crippen molar-refractivity contribution in [2.24, 2.45) is 5.10 Å². The average Bonchev–Trinajstić information content (AvgIpc) is 3.15. The van der Waals surface area contributed by atoms with E-state index in [0.29, 0.717) is 35.6 Å². The molecule has 2 heterocycles. The molecular formula is C27H31N5O5. The molecule has 0 aliphatic carbocycles. The zero-order valence-electron chi connectivity index (χ0n) is 21.6. The molecule has 0 aromatic heterocycles. The van der Waals surface area contributed by atoms with Crippen LogP contribution in [0.4, 0.5) is 17.1 Å². The van der Waals surface area contributed by atoms with Crippen LogP contribution in [0.3, 0.4) is 0 Å². The van der Waals surface area contributed by atoms with Gasteiger partial charge in [-0.3, -0.25) is 19.2 Å². The molecule has 194 valence electrons. The predicted molar refractivity (Wildman–Crippen MR) is 141 cm³/mol. The quantitative estimate of drug-likeness (QED) is 0.438. The molecule has 0 fully saturated rings. The van der Waals surface area contributed by atoms with Gasteiger partial charge in [-0.25, -0.2) is 5.01 Å². The van der Waals surface area contributed by atoms with Gasteiger partial charge in [-0.2, -0.15) is 5.10 Å². The minimum Gasteiger partial charge on any atom is -0.469 e. The Morgan fingerprint density at radius 1 is 1.16 bits per heavy atom. The number of ketones is 1. The number of hydrazone groups is 1. The average molecular weight is 506 g/mol. The summed E-state index contributed by atoms with van der Waals surface area (Å²) in [6.45, 7) is 5.77. The highest BCUT2D eigenvalue weighted by Crippen LogP contribution is 2.30. The van der Waals surface area contributed by atoms with E-state index in [-0.39, 0.29) is 24.0 Å². The lowest BCUT2D eigenvalue weighted by Gasteiger charge is -2.27. The highest BCUT2D eigenvalue weighted by Gasteiger charge is 2.32. The number of anilines is 3. The van der Waals surface area contributed by atoms with Crippen molar-refractivity contribution in [2.45, 2.75) is 51.7 Å². The topological polar surface area (TPSA) is 120 Å². The Hall–Kier alpha value is -4.21. The number of carbonyl (C=O) groups excluding carboxylic acids is 4. The van der Waals surface area contributed by atoms with Gasteiger partial charge in [0.25, 0.3) is 5.91 Å². The van der Waals surface area contributed by atoms with E-state index in [1.807, 2.05) is 18.2 Å². The van der Waals surface area contributed by atoms with Crippen LogP contribution in [0.15, 0.2) is 47.6 Å². The van der Waals surface area contributed by atoms with Gasteiger partial charge in [-0.05, 0) is 62.7 Å². The Bertz CT molecular complexity index is 1280. The number of esters is 1. The number of carbonyl (C=O) groups is 4. The van der Waals surface area contributed by atoms with Crippen LogP contribution in [0.2, 0.25) is 0 Å². The minimum atomic E-state index is -0.962. The van der Waals surface area contributed by atoms with Crippen LogP contribution in [-0.4, -0.2) is 59.9 Å². The van der Waals surface area contributed by atoms with Crippen LogP contribution in [0.1, 0.15) is 49.5 Å². The van der Waals surface area contributed by atoms with Crippen molar-refractivity contribution in [1.82, 2.24) is 4.90 Å². The van der Waals surface area contributed by atoms with E-state index in [4.69, 9.17) is 4.74 Å². The maximum atomic E-state index is 13.4. The molecule has 2 aromatic carbocycles. The molecule has 4 rings (SSSR count). The van der Waals surface area contributed by atoms with Gasteiger partial charge in [-0.1, -0.05) is 6.07 Å². The van der Waals surface area contributed by atoms with Crippen LogP contribution in [0.5, 0.6) is 0 Å². The normalized spacial score (nSPS) is 17.5. The van der Waals surface area contributed by atoms with Gasteiger partial charge >= 0.3 is 5.97 Å². The van der Waals surface area contributed by atoms with Crippen molar-refractivity contribution in [3.63, 3.8) is 0 Å². The van der Waals surface area contributed by atoms with E-state index >= 15 is 0 Å². The van der Waals surface area contributed by atoms with Gasteiger partial charge in [-0.15, -0.1) is 0 Å². The second-order valence-electron chi connectivity index (χ2n) is 9.89. The number of fused-ring (bicyclic) bond motifs is 1. The number of nitrogens with one attached hydrogen (secondary N) is 2. The summed E-state index contributed by atoms with van der Waals surface area (Å²) >= 11 is 0. The molecule has 0 saturated carbocycles. The SMILES string of the molecule is COC(=O)CC1Nc2cc(NC(C)(C)C(=O)c3ccc(N4N=C(C)CC4=O)cc3)ccc2CN(C)C1=O. The summed E-state index contributed by atoms with van der Waals surface area (Å²) in [6.07, 6.45) is 0.200. The third-order valence-electron chi connectivity index (χ3n) is 6.43.